The van der Waals surface area contributed by atoms with Crippen LogP contribution in [0.2, 0.25) is 0 Å². The van der Waals surface area contributed by atoms with Crippen LogP contribution in [0.15, 0.2) is 18.3 Å². The number of nitrogens with zero attached hydrogens (tertiary/aromatic N) is 2. The fourth-order valence-corrected chi connectivity index (χ4v) is 1.79. The van der Waals surface area contributed by atoms with E-state index in [-0.39, 0.29) is 5.91 Å². The molecule has 1 aromatic heterocycles. The van der Waals surface area contributed by atoms with Gasteiger partial charge in [0.2, 0.25) is 0 Å². The third kappa shape index (κ3) is 2.01. The summed E-state index contributed by atoms with van der Waals surface area (Å²) < 4.78 is 0. The highest BCUT2D eigenvalue weighted by atomic mass is 16.2. The Morgan fingerprint density at radius 3 is 2.69 bits per heavy atom. The van der Waals surface area contributed by atoms with Gasteiger partial charge in [0.15, 0.2) is 0 Å². The van der Waals surface area contributed by atoms with E-state index in [0.29, 0.717) is 11.7 Å². The SMILES string of the molecule is CNc1ccc(C(=O)N(C)C2CCC2)nc1. The van der Waals surface area contributed by atoms with Crippen molar-refractivity contribution in [2.45, 2.75) is 25.3 Å². The van der Waals surface area contributed by atoms with Gasteiger partial charge in [-0.1, -0.05) is 0 Å². The summed E-state index contributed by atoms with van der Waals surface area (Å²) >= 11 is 0. The summed E-state index contributed by atoms with van der Waals surface area (Å²) in [7, 11) is 3.69. The van der Waals surface area contributed by atoms with Gasteiger partial charge >= 0.3 is 0 Å². The Bertz CT molecular complexity index is 370. The fourth-order valence-electron chi connectivity index (χ4n) is 1.79. The van der Waals surface area contributed by atoms with Crippen molar-refractivity contribution < 1.29 is 4.79 Å². The van der Waals surface area contributed by atoms with Crippen LogP contribution in [0.1, 0.15) is 29.8 Å². The summed E-state index contributed by atoms with van der Waals surface area (Å²) in [4.78, 5) is 18.0. The van der Waals surface area contributed by atoms with Crippen LogP contribution in [0.25, 0.3) is 0 Å². The number of anilines is 1. The molecule has 0 aliphatic heterocycles. The van der Waals surface area contributed by atoms with Crippen molar-refractivity contribution in [1.29, 1.82) is 0 Å². The number of carbonyl (C=O) groups excluding carboxylic acids is 1. The molecule has 2 rings (SSSR count). The summed E-state index contributed by atoms with van der Waals surface area (Å²) in [6.07, 6.45) is 5.16. The number of aromatic nitrogens is 1. The molecule has 0 radical (unpaired) electrons. The summed E-state index contributed by atoms with van der Waals surface area (Å²) in [6.45, 7) is 0. The third-order valence-electron chi connectivity index (χ3n) is 3.21. The summed E-state index contributed by atoms with van der Waals surface area (Å²) in [6, 6.07) is 4.05. The van der Waals surface area contributed by atoms with Crippen molar-refractivity contribution in [1.82, 2.24) is 9.88 Å². The first-order valence-electron chi connectivity index (χ1n) is 5.63. The topological polar surface area (TPSA) is 45.2 Å². The van der Waals surface area contributed by atoms with E-state index in [9.17, 15) is 4.79 Å². The second-order valence-corrected chi connectivity index (χ2v) is 4.18. The normalized spacial score (nSPS) is 15.4. The molecular formula is C12H17N3O. The molecule has 0 bridgehead atoms. The quantitative estimate of drug-likeness (QED) is 0.842. The van der Waals surface area contributed by atoms with Gasteiger partial charge < -0.3 is 10.2 Å². The molecule has 1 heterocycles. The Morgan fingerprint density at radius 2 is 2.25 bits per heavy atom. The molecule has 1 aliphatic rings. The van der Waals surface area contributed by atoms with Gasteiger partial charge in [-0.25, -0.2) is 4.98 Å². The zero-order valence-electron chi connectivity index (χ0n) is 9.73. The van der Waals surface area contributed by atoms with Crippen molar-refractivity contribution in [2.24, 2.45) is 0 Å². The standard InChI is InChI=1S/C12H17N3O/c1-13-9-6-7-11(14-8-9)12(16)15(2)10-4-3-5-10/h6-8,10,13H,3-5H2,1-2H3. The number of hydrogen-bond acceptors (Lipinski definition) is 3. The Labute approximate surface area is 95.7 Å². The Hall–Kier alpha value is -1.58. The van der Waals surface area contributed by atoms with E-state index in [1.54, 1.807) is 12.3 Å². The first-order chi connectivity index (χ1) is 7.72. The van der Waals surface area contributed by atoms with Crippen LogP contribution in [0.5, 0.6) is 0 Å². The van der Waals surface area contributed by atoms with E-state index >= 15 is 0 Å². The first kappa shape index (κ1) is 10.9. The maximum absolute atomic E-state index is 12.0. The molecule has 0 atom stereocenters. The predicted molar refractivity (Wildman–Crippen MR) is 63.5 cm³/mol. The number of rotatable bonds is 3. The second-order valence-electron chi connectivity index (χ2n) is 4.18. The minimum absolute atomic E-state index is 0.0207. The predicted octanol–water partition coefficient (Wildman–Crippen LogP) is 1.75. The van der Waals surface area contributed by atoms with Crippen LogP contribution < -0.4 is 5.32 Å². The van der Waals surface area contributed by atoms with Crippen molar-refractivity contribution in [3.63, 3.8) is 0 Å². The highest BCUT2D eigenvalue weighted by Crippen LogP contribution is 2.24. The van der Waals surface area contributed by atoms with Gasteiger partial charge in [0, 0.05) is 20.1 Å². The molecule has 1 fully saturated rings. The van der Waals surface area contributed by atoms with Crippen LogP contribution in [-0.4, -0.2) is 35.9 Å². The van der Waals surface area contributed by atoms with Gasteiger partial charge in [0.05, 0.1) is 11.9 Å². The maximum atomic E-state index is 12.0. The van der Waals surface area contributed by atoms with Crippen LogP contribution >= 0.6 is 0 Å². The van der Waals surface area contributed by atoms with E-state index in [2.05, 4.69) is 10.3 Å². The fraction of sp³-hybridized carbons (Fsp3) is 0.500. The largest absolute Gasteiger partial charge is 0.387 e. The van der Waals surface area contributed by atoms with Gasteiger partial charge in [-0.2, -0.15) is 0 Å². The molecular weight excluding hydrogens is 202 g/mol. The van der Waals surface area contributed by atoms with E-state index < -0.39 is 0 Å². The Morgan fingerprint density at radius 1 is 1.50 bits per heavy atom. The number of amides is 1. The first-order valence-corrected chi connectivity index (χ1v) is 5.63. The highest BCUT2D eigenvalue weighted by molar-refractivity contribution is 5.92. The zero-order valence-corrected chi connectivity index (χ0v) is 9.73. The average Bonchev–Trinajstić information content (AvgIpc) is 2.26. The van der Waals surface area contributed by atoms with Gasteiger partial charge in [-0.3, -0.25) is 4.79 Å². The number of carbonyl (C=O) groups is 1. The van der Waals surface area contributed by atoms with Gasteiger partial charge in [0.1, 0.15) is 5.69 Å². The lowest BCUT2D eigenvalue weighted by Crippen LogP contribution is -2.41. The minimum atomic E-state index is 0.0207. The summed E-state index contributed by atoms with van der Waals surface area (Å²) in [5, 5.41) is 2.98. The number of pyridine rings is 1. The van der Waals surface area contributed by atoms with Gasteiger partial charge in [0.25, 0.3) is 5.91 Å². The van der Waals surface area contributed by atoms with Crippen molar-refractivity contribution >= 4 is 11.6 Å². The molecule has 0 unspecified atom stereocenters. The van der Waals surface area contributed by atoms with E-state index in [4.69, 9.17) is 0 Å². The van der Waals surface area contributed by atoms with Crippen molar-refractivity contribution in [3.05, 3.63) is 24.0 Å². The van der Waals surface area contributed by atoms with Crippen LogP contribution in [0, 0.1) is 0 Å². The third-order valence-corrected chi connectivity index (χ3v) is 3.21. The maximum Gasteiger partial charge on any atom is 0.272 e. The second kappa shape index (κ2) is 4.51. The van der Waals surface area contributed by atoms with Crippen LogP contribution in [-0.2, 0) is 0 Å². The minimum Gasteiger partial charge on any atom is -0.387 e. The molecule has 1 aromatic rings. The smallest absolute Gasteiger partial charge is 0.272 e. The van der Waals surface area contributed by atoms with Gasteiger partial charge in [-0.05, 0) is 31.4 Å². The Balaban J connectivity index is 2.07. The summed E-state index contributed by atoms with van der Waals surface area (Å²) in [5.41, 5.74) is 1.44. The molecule has 0 spiro atoms. The molecule has 1 saturated carbocycles. The number of nitrogens with one attached hydrogen (secondary N) is 1. The van der Waals surface area contributed by atoms with E-state index in [1.807, 2.05) is 25.1 Å². The lowest BCUT2D eigenvalue weighted by atomic mass is 9.92. The van der Waals surface area contributed by atoms with Crippen molar-refractivity contribution in [2.75, 3.05) is 19.4 Å². The molecule has 1 amide bonds. The molecule has 4 heteroatoms. The zero-order chi connectivity index (χ0) is 11.5. The monoisotopic (exact) mass is 219 g/mol. The Kier molecular flexibility index (Phi) is 3.08. The summed E-state index contributed by atoms with van der Waals surface area (Å²) in [5.74, 6) is 0.0207. The molecule has 0 aromatic carbocycles. The van der Waals surface area contributed by atoms with E-state index in [1.165, 1.54) is 6.42 Å². The lowest BCUT2D eigenvalue weighted by Gasteiger charge is -2.34. The van der Waals surface area contributed by atoms with E-state index in [0.717, 1.165) is 18.5 Å². The molecule has 16 heavy (non-hydrogen) atoms. The number of hydrogen-bond donors (Lipinski definition) is 1. The lowest BCUT2D eigenvalue weighted by molar-refractivity contribution is 0.0646. The molecule has 1 aliphatic carbocycles. The average molecular weight is 219 g/mol. The molecule has 1 N–H and O–H groups in total. The highest BCUT2D eigenvalue weighted by Gasteiger charge is 2.26. The molecule has 86 valence electrons. The van der Waals surface area contributed by atoms with Crippen molar-refractivity contribution in [3.8, 4) is 0 Å². The van der Waals surface area contributed by atoms with Gasteiger partial charge in [-0.15, -0.1) is 0 Å². The molecule has 4 nitrogen and oxygen atoms in total. The van der Waals surface area contributed by atoms with Crippen LogP contribution in [0.4, 0.5) is 5.69 Å². The molecule has 0 saturated heterocycles. The van der Waals surface area contributed by atoms with Crippen LogP contribution in [0.3, 0.4) is 0 Å².